The van der Waals surface area contributed by atoms with E-state index >= 15 is 0 Å². The number of rotatable bonds is 2. The number of hydrogen-bond donors (Lipinski definition) is 0. The summed E-state index contributed by atoms with van der Waals surface area (Å²) in [5.41, 5.74) is 2.51. The minimum Gasteiger partial charge on any atom is -0.259 e. The van der Waals surface area contributed by atoms with E-state index in [2.05, 4.69) is 12.1 Å². The monoisotopic (exact) mass is 178 g/mol. The molecule has 0 unspecified atom stereocenters. The highest BCUT2D eigenvalue weighted by Crippen LogP contribution is 2.28. The van der Waals surface area contributed by atoms with Crippen LogP contribution in [-0.4, -0.2) is 4.90 Å². The number of benzene rings is 1. The summed E-state index contributed by atoms with van der Waals surface area (Å²) >= 11 is 0. The first-order valence-corrected chi connectivity index (χ1v) is 4.64. The third kappa shape index (κ3) is 1.59. The molecule has 0 fully saturated rings. The van der Waals surface area contributed by atoms with Crippen LogP contribution in [-0.2, 0) is 13.1 Å². The van der Waals surface area contributed by atoms with E-state index in [1.807, 2.05) is 19.1 Å². The predicted octanol–water partition coefficient (Wildman–Crippen LogP) is 2.87. The summed E-state index contributed by atoms with van der Waals surface area (Å²) < 4.78 is 13.2. The molecule has 1 aliphatic rings. The molecule has 0 spiro atoms. The summed E-state index contributed by atoms with van der Waals surface area (Å²) in [6.07, 6.45) is 0.491. The van der Waals surface area contributed by atoms with Crippen LogP contribution in [0, 0.1) is 6.30 Å². The maximum absolute atomic E-state index is 13.2. The van der Waals surface area contributed by atoms with Crippen LogP contribution in [0.3, 0.4) is 0 Å². The molecule has 0 saturated carbocycles. The summed E-state index contributed by atoms with van der Waals surface area (Å²) in [6, 6.07) is 8.15. The normalized spacial score (nSPS) is 16.5. The van der Waals surface area contributed by atoms with Gasteiger partial charge in [-0.15, -0.1) is 0 Å². The van der Waals surface area contributed by atoms with Crippen molar-refractivity contribution in [2.75, 3.05) is 0 Å². The van der Waals surface area contributed by atoms with Crippen LogP contribution in [0.1, 0.15) is 24.5 Å². The van der Waals surface area contributed by atoms with Crippen molar-refractivity contribution < 1.29 is 4.39 Å². The molecule has 1 aliphatic heterocycles. The molecule has 0 N–H and O–H groups in total. The van der Waals surface area contributed by atoms with E-state index in [1.54, 1.807) is 4.90 Å². The molecule has 0 bridgehead atoms. The fourth-order valence-electron chi connectivity index (χ4n) is 1.73. The highest BCUT2D eigenvalue weighted by Gasteiger charge is 2.24. The first-order chi connectivity index (χ1) is 6.31. The zero-order chi connectivity index (χ0) is 9.26. The molecule has 1 heterocycles. The van der Waals surface area contributed by atoms with Gasteiger partial charge in [-0.25, -0.2) is 4.39 Å². The topological polar surface area (TPSA) is 3.24 Å². The van der Waals surface area contributed by atoms with Gasteiger partial charge >= 0.3 is 0 Å². The lowest BCUT2D eigenvalue weighted by Crippen LogP contribution is -2.18. The largest absolute Gasteiger partial charge is 0.259 e. The highest BCUT2D eigenvalue weighted by atomic mass is 19.1. The van der Waals surface area contributed by atoms with Crippen LogP contribution in [0.15, 0.2) is 24.3 Å². The van der Waals surface area contributed by atoms with Crippen molar-refractivity contribution >= 4 is 0 Å². The standard InChI is InChI=1S/C11H13FN/c1-2-11(12)13-7-9-5-3-4-6-10(9)8-13/h3-6H,2,7-8H2,1H3. The van der Waals surface area contributed by atoms with E-state index in [9.17, 15) is 4.39 Å². The summed E-state index contributed by atoms with van der Waals surface area (Å²) in [6.45, 7) is 3.31. The molecular formula is C11H13FN. The Morgan fingerprint density at radius 3 is 2.31 bits per heavy atom. The second-order valence-corrected chi connectivity index (χ2v) is 3.35. The van der Waals surface area contributed by atoms with E-state index in [0.717, 1.165) is 13.1 Å². The lowest BCUT2D eigenvalue weighted by Gasteiger charge is -2.16. The van der Waals surface area contributed by atoms with Crippen LogP contribution < -0.4 is 0 Å². The average Bonchev–Trinajstić information content (AvgIpc) is 2.59. The van der Waals surface area contributed by atoms with Gasteiger partial charge in [0, 0.05) is 13.1 Å². The maximum Gasteiger partial charge on any atom is 0.212 e. The second kappa shape index (κ2) is 3.46. The van der Waals surface area contributed by atoms with E-state index in [0.29, 0.717) is 6.42 Å². The van der Waals surface area contributed by atoms with Crippen molar-refractivity contribution in [1.82, 2.24) is 4.90 Å². The first kappa shape index (κ1) is 8.70. The van der Waals surface area contributed by atoms with Crippen LogP contribution in [0.25, 0.3) is 0 Å². The molecule has 0 saturated heterocycles. The maximum atomic E-state index is 13.2. The Hall–Kier alpha value is -0.890. The molecule has 0 amide bonds. The Kier molecular flexibility index (Phi) is 2.32. The molecule has 1 radical (unpaired) electrons. The Balaban J connectivity index is 2.14. The van der Waals surface area contributed by atoms with Crippen molar-refractivity contribution in [3.05, 3.63) is 41.7 Å². The molecule has 0 atom stereocenters. The Labute approximate surface area is 78.2 Å². The lowest BCUT2D eigenvalue weighted by molar-refractivity contribution is 0.180. The van der Waals surface area contributed by atoms with Gasteiger partial charge in [0.05, 0.1) is 0 Å². The lowest BCUT2D eigenvalue weighted by atomic mass is 10.1. The fourth-order valence-corrected chi connectivity index (χ4v) is 1.73. The van der Waals surface area contributed by atoms with Gasteiger partial charge in [0.2, 0.25) is 6.30 Å². The number of halogens is 1. The van der Waals surface area contributed by atoms with Crippen LogP contribution >= 0.6 is 0 Å². The summed E-state index contributed by atoms with van der Waals surface area (Å²) in [5, 5.41) is 0. The van der Waals surface area contributed by atoms with Crippen LogP contribution in [0.2, 0.25) is 0 Å². The third-order valence-electron chi connectivity index (χ3n) is 2.48. The molecule has 2 rings (SSSR count). The molecule has 1 nitrogen and oxygen atoms in total. The molecule has 69 valence electrons. The van der Waals surface area contributed by atoms with Gasteiger partial charge in [-0.05, 0) is 17.5 Å². The molecule has 0 aliphatic carbocycles. The van der Waals surface area contributed by atoms with Crippen LogP contribution in [0.4, 0.5) is 4.39 Å². The summed E-state index contributed by atoms with van der Waals surface area (Å²) in [4.78, 5) is 1.80. The Morgan fingerprint density at radius 2 is 1.85 bits per heavy atom. The van der Waals surface area contributed by atoms with Gasteiger partial charge in [0.25, 0.3) is 0 Å². The average molecular weight is 178 g/mol. The zero-order valence-electron chi connectivity index (χ0n) is 7.76. The van der Waals surface area contributed by atoms with Gasteiger partial charge in [-0.3, -0.25) is 4.90 Å². The van der Waals surface area contributed by atoms with Gasteiger partial charge in [-0.2, -0.15) is 0 Å². The highest BCUT2D eigenvalue weighted by molar-refractivity contribution is 5.30. The van der Waals surface area contributed by atoms with E-state index in [-0.39, 0.29) is 6.30 Å². The number of fused-ring (bicyclic) bond motifs is 1. The van der Waals surface area contributed by atoms with Crippen molar-refractivity contribution in [2.24, 2.45) is 0 Å². The minimum atomic E-state index is -0.00352. The zero-order valence-corrected chi connectivity index (χ0v) is 7.76. The van der Waals surface area contributed by atoms with Crippen molar-refractivity contribution in [3.63, 3.8) is 0 Å². The molecular weight excluding hydrogens is 165 g/mol. The molecule has 2 heteroatoms. The van der Waals surface area contributed by atoms with Gasteiger partial charge in [0.15, 0.2) is 0 Å². The van der Waals surface area contributed by atoms with Crippen molar-refractivity contribution in [3.8, 4) is 0 Å². The molecule has 0 aromatic heterocycles. The first-order valence-electron chi connectivity index (χ1n) is 4.64. The van der Waals surface area contributed by atoms with E-state index < -0.39 is 0 Å². The second-order valence-electron chi connectivity index (χ2n) is 3.35. The number of hydrogen-bond acceptors (Lipinski definition) is 1. The molecule has 1 aromatic carbocycles. The van der Waals surface area contributed by atoms with Crippen molar-refractivity contribution in [1.29, 1.82) is 0 Å². The van der Waals surface area contributed by atoms with E-state index in [1.165, 1.54) is 11.1 Å². The summed E-state index contributed by atoms with van der Waals surface area (Å²) in [5.74, 6) is 0. The fraction of sp³-hybridized carbons (Fsp3) is 0.364. The van der Waals surface area contributed by atoms with Gasteiger partial charge in [0.1, 0.15) is 0 Å². The Bertz CT molecular complexity index is 273. The summed E-state index contributed by atoms with van der Waals surface area (Å²) in [7, 11) is 0. The van der Waals surface area contributed by atoms with E-state index in [4.69, 9.17) is 0 Å². The quantitative estimate of drug-likeness (QED) is 0.629. The minimum absolute atomic E-state index is 0.00352. The smallest absolute Gasteiger partial charge is 0.212 e. The van der Waals surface area contributed by atoms with Crippen LogP contribution in [0.5, 0.6) is 0 Å². The predicted molar refractivity (Wildman–Crippen MR) is 50.3 cm³/mol. The van der Waals surface area contributed by atoms with Gasteiger partial charge < -0.3 is 0 Å². The molecule has 13 heavy (non-hydrogen) atoms. The SMILES string of the molecule is CC[C](F)N1Cc2ccccc2C1. The van der Waals surface area contributed by atoms with Crippen molar-refractivity contribution in [2.45, 2.75) is 26.4 Å². The Morgan fingerprint density at radius 1 is 1.31 bits per heavy atom. The van der Waals surface area contributed by atoms with Gasteiger partial charge in [-0.1, -0.05) is 31.2 Å². The number of nitrogens with zero attached hydrogens (tertiary/aromatic N) is 1. The molecule has 1 aromatic rings. The third-order valence-corrected chi connectivity index (χ3v) is 2.48.